The van der Waals surface area contributed by atoms with Crippen molar-refractivity contribution in [2.24, 2.45) is 0 Å². The number of nitrogens with zero attached hydrogens (tertiary/aromatic N) is 3. The lowest BCUT2D eigenvalue weighted by molar-refractivity contribution is 0.0691. The Balaban J connectivity index is 2.07. The van der Waals surface area contributed by atoms with Crippen LogP contribution in [0, 0.1) is 17.1 Å². The maximum Gasteiger partial charge on any atom is 0.338 e. The normalized spacial score (nSPS) is 10.7. The Labute approximate surface area is 135 Å². The first-order chi connectivity index (χ1) is 11.0. The van der Waals surface area contributed by atoms with Crippen LogP contribution in [0.25, 0.3) is 10.9 Å². The summed E-state index contributed by atoms with van der Waals surface area (Å²) in [7, 11) is 0. The molecule has 0 amide bonds. The fourth-order valence-corrected chi connectivity index (χ4v) is 2.61. The fourth-order valence-electron chi connectivity index (χ4n) is 2.36. The number of benzene rings is 2. The molecule has 0 fully saturated rings. The highest BCUT2D eigenvalue weighted by Gasteiger charge is 2.16. The number of rotatable bonds is 3. The molecule has 114 valence electrons. The van der Waals surface area contributed by atoms with Crippen molar-refractivity contribution in [3.05, 3.63) is 64.1 Å². The van der Waals surface area contributed by atoms with Crippen LogP contribution in [-0.2, 0) is 6.54 Å². The minimum absolute atomic E-state index is 0.0542. The topological polar surface area (TPSA) is 78.9 Å². The van der Waals surface area contributed by atoms with Gasteiger partial charge in [0, 0.05) is 10.9 Å². The van der Waals surface area contributed by atoms with Gasteiger partial charge in [0.05, 0.1) is 34.4 Å². The molecule has 1 aromatic heterocycles. The molecule has 0 aliphatic carbocycles. The van der Waals surface area contributed by atoms with E-state index in [2.05, 4.69) is 5.10 Å². The molecule has 0 atom stereocenters. The van der Waals surface area contributed by atoms with Gasteiger partial charge in [0.2, 0.25) is 0 Å². The Kier molecular flexibility index (Phi) is 3.72. The molecule has 0 unspecified atom stereocenters. The Morgan fingerprint density at radius 2 is 2.17 bits per heavy atom. The zero-order valence-corrected chi connectivity index (χ0v) is 12.4. The van der Waals surface area contributed by atoms with E-state index in [9.17, 15) is 9.18 Å². The molecule has 0 saturated heterocycles. The third-order valence-corrected chi connectivity index (χ3v) is 3.92. The number of nitriles is 1. The largest absolute Gasteiger partial charge is 0.478 e. The fraction of sp³-hybridized carbons (Fsp3) is 0.0625. The average Bonchev–Trinajstić information content (AvgIpc) is 2.93. The molecule has 23 heavy (non-hydrogen) atoms. The van der Waals surface area contributed by atoms with Gasteiger partial charge in [-0.25, -0.2) is 9.18 Å². The molecule has 0 bridgehead atoms. The second-order valence-corrected chi connectivity index (χ2v) is 5.24. The number of hydrogen-bond donors (Lipinski definition) is 1. The van der Waals surface area contributed by atoms with Gasteiger partial charge in [-0.05, 0) is 18.2 Å². The molecule has 0 saturated carbocycles. The van der Waals surface area contributed by atoms with Crippen LogP contribution in [0.5, 0.6) is 0 Å². The van der Waals surface area contributed by atoms with Crippen LogP contribution in [-0.4, -0.2) is 20.9 Å². The summed E-state index contributed by atoms with van der Waals surface area (Å²) in [5, 5.41) is 23.0. The summed E-state index contributed by atoms with van der Waals surface area (Å²) in [6.07, 6.45) is 1.50. The summed E-state index contributed by atoms with van der Waals surface area (Å²) >= 11 is 6.13. The van der Waals surface area contributed by atoms with Crippen LogP contribution < -0.4 is 0 Å². The minimum atomic E-state index is -1.32. The Bertz CT molecular complexity index is 975. The van der Waals surface area contributed by atoms with Gasteiger partial charge in [0.1, 0.15) is 11.9 Å². The second kappa shape index (κ2) is 5.71. The van der Waals surface area contributed by atoms with Crippen molar-refractivity contribution in [1.82, 2.24) is 9.78 Å². The molecule has 1 N–H and O–H groups in total. The van der Waals surface area contributed by atoms with Gasteiger partial charge < -0.3 is 5.11 Å². The van der Waals surface area contributed by atoms with E-state index in [0.717, 1.165) is 0 Å². The predicted octanol–water partition coefficient (Wildman–Crippen LogP) is 3.45. The zero-order valence-electron chi connectivity index (χ0n) is 11.6. The van der Waals surface area contributed by atoms with Crippen molar-refractivity contribution in [2.45, 2.75) is 6.54 Å². The van der Waals surface area contributed by atoms with Gasteiger partial charge in [0.25, 0.3) is 0 Å². The van der Waals surface area contributed by atoms with Crippen molar-refractivity contribution in [1.29, 1.82) is 5.26 Å². The van der Waals surface area contributed by atoms with Gasteiger partial charge in [-0.3, -0.25) is 4.68 Å². The number of aromatic carboxylic acids is 1. The highest BCUT2D eigenvalue weighted by Crippen LogP contribution is 2.27. The van der Waals surface area contributed by atoms with Gasteiger partial charge in [-0.2, -0.15) is 10.4 Å². The quantitative estimate of drug-likeness (QED) is 0.798. The smallest absolute Gasteiger partial charge is 0.338 e. The minimum Gasteiger partial charge on any atom is -0.478 e. The van der Waals surface area contributed by atoms with Crippen molar-refractivity contribution in [2.75, 3.05) is 0 Å². The monoisotopic (exact) mass is 329 g/mol. The Morgan fingerprint density at radius 1 is 1.39 bits per heavy atom. The van der Waals surface area contributed by atoms with Crippen LogP contribution in [0.4, 0.5) is 4.39 Å². The number of carboxylic acids is 1. The van der Waals surface area contributed by atoms with Crippen LogP contribution in [0.2, 0.25) is 5.02 Å². The van der Waals surface area contributed by atoms with Crippen molar-refractivity contribution >= 4 is 28.5 Å². The van der Waals surface area contributed by atoms with Crippen LogP contribution >= 0.6 is 11.6 Å². The van der Waals surface area contributed by atoms with E-state index in [4.69, 9.17) is 22.0 Å². The average molecular weight is 330 g/mol. The first-order valence-corrected chi connectivity index (χ1v) is 6.95. The molecular formula is C16H9ClFN3O2. The number of fused-ring (bicyclic) bond motifs is 1. The molecule has 3 rings (SSSR count). The summed E-state index contributed by atoms with van der Waals surface area (Å²) in [6.45, 7) is 0.0542. The maximum absolute atomic E-state index is 14.2. The van der Waals surface area contributed by atoms with Crippen molar-refractivity contribution in [3.8, 4) is 6.07 Å². The lowest BCUT2D eigenvalue weighted by Crippen LogP contribution is -2.08. The number of hydrogen-bond acceptors (Lipinski definition) is 3. The summed E-state index contributed by atoms with van der Waals surface area (Å²) in [4.78, 5) is 11.0. The second-order valence-electron chi connectivity index (χ2n) is 4.86. The first kappa shape index (κ1) is 15.0. The predicted molar refractivity (Wildman–Crippen MR) is 81.9 cm³/mol. The Hall–Kier alpha value is -2.91. The standard InChI is InChI=1S/C16H9ClFN3O2/c17-14-9(6-19)4-5-13-12(14)7-20-21(13)8-10-2-1-3-11(15(10)18)16(22)23/h1-5,7H,8H2,(H,22,23). The third kappa shape index (κ3) is 2.51. The molecule has 0 aliphatic heterocycles. The highest BCUT2D eigenvalue weighted by atomic mass is 35.5. The number of carboxylic acid groups (broad SMARTS) is 1. The summed E-state index contributed by atoms with van der Waals surface area (Å²) in [6, 6.07) is 9.40. The van der Waals surface area contributed by atoms with E-state index in [-0.39, 0.29) is 22.7 Å². The molecule has 7 heteroatoms. The Morgan fingerprint density at radius 3 is 2.87 bits per heavy atom. The van der Waals surface area contributed by atoms with E-state index < -0.39 is 11.8 Å². The van der Waals surface area contributed by atoms with Crippen LogP contribution in [0.3, 0.4) is 0 Å². The number of carbonyl (C=O) groups is 1. The lowest BCUT2D eigenvalue weighted by atomic mass is 10.1. The molecule has 0 spiro atoms. The summed E-state index contributed by atoms with van der Waals surface area (Å²) in [5.74, 6) is -2.11. The lowest BCUT2D eigenvalue weighted by Gasteiger charge is -2.07. The van der Waals surface area contributed by atoms with Gasteiger partial charge in [0.15, 0.2) is 0 Å². The third-order valence-electron chi connectivity index (χ3n) is 3.51. The maximum atomic E-state index is 14.2. The van der Waals surface area contributed by atoms with Crippen LogP contribution in [0.15, 0.2) is 36.5 Å². The van der Waals surface area contributed by atoms with Gasteiger partial charge in [-0.15, -0.1) is 0 Å². The molecule has 1 heterocycles. The van der Waals surface area contributed by atoms with E-state index in [1.54, 1.807) is 12.1 Å². The molecule has 0 radical (unpaired) electrons. The highest BCUT2D eigenvalue weighted by molar-refractivity contribution is 6.36. The number of aromatic nitrogens is 2. The molecule has 2 aromatic carbocycles. The SMILES string of the molecule is N#Cc1ccc2c(cnn2Cc2cccc(C(=O)O)c2F)c1Cl. The van der Waals surface area contributed by atoms with E-state index in [0.29, 0.717) is 16.5 Å². The summed E-state index contributed by atoms with van der Waals surface area (Å²) < 4.78 is 15.7. The zero-order chi connectivity index (χ0) is 16.6. The summed E-state index contributed by atoms with van der Waals surface area (Å²) in [5.41, 5.74) is 0.783. The van der Waals surface area contributed by atoms with Crippen molar-refractivity contribution in [3.63, 3.8) is 0 Å². The molecule has 3 aromatic rings. The van der Waals surface area contributed by atoms with E-state index >= 15 is 0 Å². The number of halogens is 2. The van der Waals surface area contributed by atoms with E-state index in [1.165, 1.54) is 29.1 Å². The van der Waals surface area contributed by atoms with E-state index in [1.807, 2.05) is 6.07 Å². The van der Waals surface area contributed by atoms with Crippen molar-refractivity contribution < 1.29 is 14.3 Å². The molecule has 0 aliphatic rings. The molecular weight excluding hydrogens is 321 g/mol. The van der Waals surface area contributed by atoms with Gasteiger partial charge >= 0.3 is 5.97 Å². The molecule has 5 nitrogen and oxygen atoms in total. The van der Waals surface area contributed by atoms with Gasteiger partial charge in [-0.1, -0.05) is 23.7 Å². The van der Waals surface area contributed by atoms with Crippen LogP contribution in [0.1, 0.15) is 21.5 Å². The first-order valence-electron chi connectivity index (χ1n) is 6.57.